The third-order valence-electron chi connectivity index (χ3n) is 1.55. The Kier molecular flexibility index (Phi) is 2.06. The van der Waals surface area contributed by atoms with Crippen LogP contribution >= 0.6 is 0 Å². The molecule has 1 rings (SSSR count). The molecule has 0 aliphatic carbocycles. The Bertz CT molecular complexity index is 207. The summed E-state index contributed by atoms with van der Waals surface area (Å²) in [5.41, 5.74) is 0. The van der Waals surface area contributed by atoms with Crippen LogP contribution in [0.5, 0.6) is 0 Å². The summed E-state index contributed by atoms with van der Waals surface area (Å²) in [4.78, 5) is 3.99. The van der Waals surface area contributed by atoms with Crippen LogP contribution in [0.2, 0.25) is 0 Å². The van der Waals surface area contributed by atoms with Crippen LogP contribution in [-0.4, -0.2) is 14.7 Å². The highest BCUT2D eigenvalue weighted by molar-refractivity contribution is 4.89. The van der Waals surface area contributed by atoms with E-state index in [1.165, 1.54) is 0 Å². The molecule has 1 unspecified atom stereocenters. The Morgan fingerprint density at radius 2 is 2.50 bits per heavy atom. The van der Waals surface area contributed by atoms with E-state index in [4.69, 9.17) is 0 Å². The second-order valence-corrected chi connectivity index (χ2v) is 2.27. The highest BCUT2D eigenvalue weighted by atomic mass is 16.3. The van der Waals surface area contributed by atoms with Crippen molar-refractivity contribution in [3.8, 4) is 0 Å². The van der Waals surface area contributed by atoms with E-state index in [1.807, 2.05) is 13.8 Å². The third kappa shape index (κ3) is 1.19. The highest BCUT2D eigenvalue weighted by Crippen LogP contribution is 2.08. The first-order valence-electron chi connectivity index (χ1n) is 3.43. The molecule has 1 aromatic heterocycles. The van der Waals surface area contributed by atoms with Crippen LogP contribution in [0.1, 0.15) is 25.4 Å². The van der Waals surface area contributed by atoms with Gasteiger partial charge in [-0.25, -0.2) is 4.98 Å². The SMILES string of the molecule is CCC(O)n1ccnc1C. The normalized spacial score (nSPS) is 13.5. The number of imidazole rings is 1. The molecule has 10 heavy (non-hydrogen) atoms. The van der Waals surface area contributed by atoms with Gasteiger partial charge < -0.3 is 9.67 Å². The molecular weight excluding hydrogens is 128 g/mol. The fourth-order valence-electron chi connectivity index (χ4n) is 0.899. The van der Waals surface area contributed by atoms with Gasteiger partial charge in [-0.2, -0.15) is 0 Å². The van der Waals surface area contributed by atoms with Gasteiger partial charge in [-0.3, -0.25) is 0 Å². The van der Waals surface area contributed by atoms with Crippen LogP contribution in [0.15, 0.2) is 12.4 Å². The molecule has 1 heterocycles. The number of hydrogen-bond donors (Lipinski definition) is 1. The Morgan fingerprint density at radius 3 is 2.90 bits per heavy atom. The van der Waals surface area contributed by atoms with Crippen LogP contribution in [0, 0.1) is 6.92 Å². The first kappa shape index (κ1) is 7.28. The minimum Gasteiger partial charge on any atom is -0.373 e. The molecule has 1 atom stereocenters. The van der Waals surface area contributed by atoms with Gasteiger partial charge in [0.2, 0.25) is 0 Å². The van der Waals surface area contributed by atoms with Crippen LogP contribution in [0.3, 0.4) is 0 Å². The number of hydrogen-bond acceptors (Lipinski definition) is 2. The van der Waals surface area contributed by atoms with E-state index in [0.29, 0.717) is 0 Å². The maximum absolute atomic E-state index is 9.32. The number of rotatable bonds is 2. The van der Waals surface area contributed by atoms with Gasteiger partial charge in [0.05, 0.1) is 0 Å². The molecule has 0 amide bonds. The van der Waals surface area contributed by atoms with Gasteiger partial charge in [-0.1, -0.05) is 6.92 Å². The van der Waals surface area contributed by atoms with Gasteiger partial charge in [0, 0.05) is 12.4 Å². The fraction of sp³-hybridized carbons (Fsp3) is 0.571. The molecule has 0 saturated carbocycles. The number of aliphatic hydroxyl groups is 1. The van der Waals surface area contributed by atoms with Crippen LogP contribution in [0.25, 0.3) is 0 Å². The lowest BCUT2D eigenvalue weighted by Gasteiger charge is -2.10. The molecule has 0 spiro atoms. The number of aliphatic hydroxyl groups excluding tert-OH is 1. The second kappa shape index (κ2) is 2.84. The third-order valence-corrected chi connectivity index (χ3v) is 1.55. The Labute approximate surface area is 60.3 Å². The monoisotopic (exact) mass is 140 g/mol. The minimum atomic E-state index is -0.414. The van der Waals surface area contributed by atoms with Crippen LogP contribution in [0.4, 0.5) is 0 Å². The van der Waals surface area contributed by atoms with E-state index in [-0.39, 0.29) is 0 Å². The standard InChI is InChI=1S/C7H12N2O/c1-3-7(10)9-5-4-8-6(9)2/h4-5,7,10H,3H2,1-2H3. The van der Waals surface area contributed by atoms with Crippen molar-refractivity contribution < 1.29 is 5.11 Å². The summed E-state index contributed by atoms with van der Waals surface area (Å²) in [5.74, 6) is 0.856. The summed E-state index contributed by atoms with van der Waals surface area (Å²) in [6.45, 7) is 3.81. The zero-order chi connectivity index (χ0) is 7.56. The van der Waals surface area contributed by atoms with Crippen molar-refractivity contribution in [3.05, 3.63) is 18.2 Å². The van der Waals surface area contributed by atoms with E-state index in [0.717, 1.165) is 12.2 Å². The van der Waals surface area contributed by atoms with E-state index >= 15 is 0 Å². The van der Waals surface area contributed by atoms with Crippen LogP contribution < -0.4 is 0 Å². The van der Waals surface area contributed by atoms with E-state index in [1.54, 1.807) is 17.0 Å². The second-order valence-electron chi connectivity index (χ2n) is 2.27. The lowest BCUT2D eigenvalue weighted by Crippen LogP contribution is -2.07. The lowest BCUT2D eigenvalue weighted by molar-refractivity contribution is 0.0977. The smallest absolute Gasteiger partial charge is 0.131 e. The van der Waals surface area contributed by atoms with Crippen molar-refractivity contribution in [2.45, 2.75) is 26.5 Å². The van der Waals surface area contributed by atoms with E-state index < -0.39 is 6.23 Å². The van der Waals surface area contributed by atoms with Crippen molar-refractivity contribution >= 4 is 0 Å². The highest BCUT2D eigenvalue weighted by Gasteiger charge is 2.03. The average molecular weight is 140 g/mol. The molecule has 0 aliphatic rings. The molecule has 56 valence electrons. The summed E-state index contributed by atoms with van der Waals surface area (Å²) in [6, 6.07) is 0. The summed E-state index contributed by atoms with van der Waals surface area (Å²) in [5, 5.41) is 9.32. The van der Waals surface area contributed by atoms with Crippen LogP contribution in [-0.2, 0) is 0 Å². The number of aromatic nitrogens is 2. The summed E-state index contributed by atoms with van der Waals surface area (Å²) >= 11 is 0. The van der Waals surface area contributed by atoms with Crippen molar-refractivity contribution in [1.29, 1.82) is 0 Å². The first-order valence-corrected chi connectivity index (χ1v) is 3.43. The molecule has 1 aromatic rings. The predicted molar refractivity (Wildman–Crippen MR) is 38.5 cm³/mol. The van der Waals surface area contributed by atoms with Crippen molar-refractivity contribution in [3.63, 3.8) is 0 Å². The molecule has 0 fully saturated rings. The zero-order valence-electron chi connectivity index (χ0n) is 6.28. The van der Waals surface area contributed by atoms with Crippen molar-refractivity contribution in [2.24, 2.45) is 0 Å². The molecule has 3 nitrogen and oxygen atoms in total. The van der Waals surface area contributed by atoms with Crippen molar-refractivity contribution in [1.82, 2.24) is 9.55 Å². The summed E-state index contributed by atoms with van der Waals surface area (Å²) in [7, 11) is 0. The van der Waals surface area contributed by atoms with Gasteiger partial charge >= 0.3 is 0 Å². The maximum Gasteiger partial charge on any atom is 0.131 e. The molecular formula is C7H12N2O. The fourth-order valence-corrected chi connectivity index (χ4v) is 0.899. The molecule has 0 aliphatic heterocycles. The first-order chi connectivity index (χ1) is 4.75. The molecule has 0 aromatic carbocycles. The van der Waals surface area contributed by atoms with Gasteiger partial charge in [-0.15, -0.1) is 0 Å². The van der Waals surface area contributed by atoms with Crippen molar-refractivity contribution in [2.75, 3.05) is 0 Å². The Morgan fingerprint density at radius 1 is 1.80 bits per heavy atom. The van der Waals surface area contributed by atoms with Gasteiger partial charge in [0.25, 0.3) is 0 Å². The molecule has 0 saturated heterocycles. The minimum absolute atomic E-state index is 0.414. The Balaban J connectivity index is 2.82. The topological polar surface area (TPSA) is 38.0 Å². The van der Waals surface area contributed by atoms with Gasteiger partial charge in [-0.05, 0) is 13.3 Å². The zero-order valence-corrected chi connectivity index (χ0v) is 6.28. The van der Waals surface area contributed by atoms with Gasteiger partial charge in [0.1, 0.15) is 12.1 Å². The maximum atomic E-state index is 9.32. The lowest BCUT2D eigenvalue weighted by atomic mass is 10.4. The van der Waals surface area contributed by atoms with E-state index in [9.17, 15) is 5.11 Å². The summed E-state index contributed by atoms with van der Waals surface area (Å²) < 4.78 is 1.75. The van der Waals surface area contributed by atoms with E-state index in [2.05, 4.69) is 4.98 Å². The largest absolute Gasteiger partial charge is 0.373 e. The average Bonchev–Trinajstić information content (AvgIpc) is 2.34. The predicted octanol–water partition coefficient (Wildman–Crippen LogP) is 1.09. The quantitative estimate of drug-likeness (QED) is 0.667. The Hall–Kier alpha value is -0.830. The number of nitrogens with zero attached hydrogens (tertiary/aromatic N) is 2. The number of aryl methyl sites for hydroxylation is 1. The molecule has 0 bridgehead atoms. The molecule has 3 heteroatoms. The summed E-state index contributed by atoms with van der Waals surface area (Å²) in [6.07, 6.45) is 3.78. The van der Waals surface area contributed by atoms with Gasteiger partial charge in [0.15, 0.2) is 0 Å². The molecule has 0 radical (unpaired) electrons. The molecule has 1 N–H and O–H groups in total.